The van der Waals surface area contributed by atoms with E-state index in [1.54, 1.807) is 72.6 Å². The number of methoxy groups -OCH3 is 1. The minimum atomic E-state index is -3.99. The predicted octanol–water partition coefficient (Wildman–Crippen LogP) is 4.46. The Morgan fingerprint density at radius 2 is 1.83 bits per heavy atom. The molecular weight excluding hydrogens is 636 g/mol. The Morgan fingerprint density at radius 3 is 2.50 bits per heavy atom. The fourth-order valence-electron chi connectivity index (χ4n) is 5.49. The van der Waals surface area contributed by atoms with Gasteiger partial charge in [-0.05, 0) is 87.7 Å². The quantitative estimate of drug-likeness (QED) is 0.334. The Labute approximate surface area is 283 Å². The molecule has 0 saturated heterocycles. The first-order chi connectivity index (χ1) is 22.9. The zero-order chi connectivity index (χ0) is 34.8. The maximum Gasteiger partial charge on any atom is 0.261 e. The third kappa shape index (κ3) is 9.45. The molecule has 2 heterocycles. The minimum absolute atomic E-state index is 0.0300. The van der Waals surface area contributed by atoms with Crippen LogP contribution < -0.4 is 14.2 Å². The average Bonchev–Trinajstić information content (AvgIpc) is 3.09. The second-order valence-corrected chi connectivity index (χ2v) is 13.9. The fourth-order valence-corrected chi connectivity index (χ4v) is 6.53. The van der Waals surface area contributed by atoms with Crippen molar-refractivity contribution in [2.24, 2.45) is 5.92 Å². The molecule has 1 aliphatic rings. The van der Waals surface area contributed by atoms with Crippen molar-refractivity contribution in [3.05, 3.63) is 78.1 Å². The zero-order valence-corrected chi connectivity index (χ0v) is 29.0. The van der Waals surface area contributed by atoms with E-state index in [2.05, 4.69) is 9.71 Å². The van der Waals surface area contributed by atoms with E-state index in [1.807, 2.05) is 13.8 Å². The van der Waals surface area contributed by atoms with Gasteiger partial charge in [-0.1, -0.05) is 6.92 Å². The molecule has 0 unspecified atom stereocenters. The number of aromatic nitrogens is 1. The van der Waals surface area contributed by atoms with E-state index in [4.69, 9.17) is 14.2 Å². The van der Waals surface area contributed by atoms with Crippen molar-refractivity contribution in [3.8, 4) is 11.5 Å². The molecule has 4 rings (SSSR count). The Morgan fingerprint density at radius 1 is 1.12 bits per heavy atom. The van der Waals surface area contributed by atoms with Crippen LogP contribution in [0.4, 0.5) is 5.69 Å². The number of nitrogens with zero attached hydrogens (tertiary/aromatic N) is 3. The number of ether oxygens (including phenoxy) is 3. The number of carbonyl (C=O) groups is 2. The Bertz CT molecular complexity index is 1620. The van der Waals surface area contributed by atoms with E-state index in [0.29, 0.717) is 30.1 Å². The summed E-state index contributed by atoms with van der Waals surface area (Å²) < 4.78 is 46.8. The van der Waals surface area contributed by atoms with E-state index >= 15 is 0 Å². The second-order valence-electron chi connectivity index (χ2n) is 12.2. The number of nitrogens with one attached hydrogen (secondary N) is 1. The van der Waals surface area contributed by atoms with Crippen LogP contribution in [0.2, 0.25) is 0 Å². The molecule has 48 heavy (non-hydrogen) atoms. The molecule has 0 radical (unpaired) electrons. The van der Waals surface area contributed by atoms with Crippen molar-refractivity contribution >= 4 is 27.5 Å². The third-order valence-electron chi connectivity index (χ3n) is 8.40. The summed E-state index contributed by atoms with van der Waals surface area (Å²) in [6.45, 7) is 6.24. The highest BCUT2D eigenvalue weighted by Gasteiger charge is 2.31. The molecule has 2 N–H and O–H groups in total. The number of pyridine rings is 1. The number of rotatable bonds is 9. The molecule has 3 aromatic rings. The third-order valence-corrected chi connectivity index (χ3v) is 9.80. The van der Waals surface area contributed by atoms with E-state index in [-0.39, 0.29) is 53.8 Å². The molecule has 0 aliphatic carbocycles. The predicted molar refractivity (Wildman–Crippen MR) is 182 cm³/mol. The van der Waals surface area contributed by atoms with Crippen molar-refractivity contribution < 1.29 is 37.3 Å². The molecule has 1 aliphatic heterocycles. The van der Waals surface area contributed by atoms with E-state index in [1.165, 1.54) is 25.3 Å². The summed E-state index contributed by atoms with van der Waals surface area (Å²) in [6.07, 6.45) is 4.75. The number of aliphatic hydroxyl groups is 1. The first kappa shape index (κ1) is 36.6. The standard InChI is InChI=1S/C35H46N4O8S/c1-24-21-39(25(2)23-40)35(42)31-20-28(37-48(43,44)30-12-10-29(45-5)11-13-30)9-14-32(31)47-26(3)8-6-7-19-46-33(24)22-38(4)34(41)27-15-17-36-18-16-27/h9-18,20,24-26,33,37,40H,6-8,19,21-23H2,1-5H3/t24-,25-,26-,33-/m0/s1. The van der Waals surface area contributed by atoms with Crippen molar-refractivity contribution in [1.29, 1.82) is 0 Å². The van der Waals surface area contributed by atoms with E-state index in [0.717, 1.165) is 12.8 Å². The lowest BCUT2D eigenvalue weighted by atomic mass is 10.0. The first-order valence-electron chi connectivity index (χ1n) is 16.1. The number of benzene rings is 2. The first-order valence-corrected chi connectivity index (χ1v) is 17.6. The Balaban J connectivity index is 1.65. The Hall–Kier alpha value is -4.20. The molecule has 0 fully saturated rings. The molecule has 4 atom stereocenters. The van der Waals surface area contributed by atoms with E-state index in [9.17, 15) is 23.1 Å². The van der Waals surface area contributed by atoms with Crippen LogP contribution in [0.1, 0.15) is 60.7 Å². The van der Waals surface area contributed by atoms with Gasteiger partial charge >= 0.3 is 0 Å². The van der Waals surface area contributed by atoms with Gasteiger partial charge in [-0.2, -0.15) is 0 Å². The largest absolute Gasteiger partial charge is 0.497 e. The Kier molecular flexibility index (Phi) is 12.8. The lowest BCUT2D eigenvalue weighted by molar-refractivity contribution is -0.0149. The molecule has 13 heteroatoms. The molecule has 12 nitrogen and oxygen atoms in total. The summed E-state index contributed by atoms with van der Waals surface area (Å²) in [6, 6.07) is 13.3. The highest BCUT2D eigenvalue weighted by Crippen LogP contribution is 2.30. The van der Waals surface area contributed by atoms with Gasteiger partial charge < -0.3 is 29.1 Å². The molecule has 2 amide bonds. The topological polar surface area (TPSA) is 148 Å². The molecule has 2 aromatic carbocycles. The monoisotopic (exact) mass is 682 g/mol. The van der Waals surface area contributed by atoms with E-state index < -0.39 is 28.1 Å². The maximum absolute atomic E-state index is 14.4. The van der Waals surface area contributed by atoms with Crippen LogP contribution in [-0.2, 0) is 14.8 Å². The SMILES string of the molecule is COc1ccc(S(=O)(=O)Nc2ccc3c(c2)C(=O)N([C@@H](C)CO)C[C@H](C)[C@H](CN(C)C(=O)c2ccncc2)OCCCC[C@H](C)O3)cc1. The number of aliphatic hydroxyl groups excluding tert-OH is 1. The molecule has 0 spiro atoms. The van der Waals surface area contributed by atoms with Crippen LogP contribution in [0.5, 0.6) is 11.5 Å². The number of carbonyl (C=O) groups excluding carboxylic acids is 2. The number of hydrogen-bond donors (Lipinski definition) is 2. The second kappa shape index (κ2) is 16.8. The average molecular weight is 683 g/mol. The van der Waals surface area contributed by atoms with Crippen LogP contribution in [0.15, 0.2) is 71.9 Å². The van der Waals surface area contributed by atoms with Gasteiger partial charge in [0, 0.05) is 56.3 Å². The highest BCUT2D eigenvalue weighted by molar-refractivity contribution is 7.92. The maximum atomic E-state index is 14.4. The summed E-state index contributed by atoms with van der Waals surface area (Å²) in [5.74, 6) is -0.0279. The highest BCUT2D eigenvalue weighted by atomic mass is 32.2. The number of likely N-dealkylation sites (N-methyl/N-ethyl adjacent to an activating group) is 1. The van der Waals surface area contributed by atoms with Gasteiger partial charge in [0.2, 0.25) is 0 Å². The van der Waals surface area contributed by atoms with Crippen LogP contribution >= 0.6 is 0 Å². The van der Waals surface area contributed by atoms with Crippen molar-refractivity contribution in [2.45, 2.75) is 63.2 Å². The van der Waals surface area contributed by atoms with Gasteiger partial charge in [0.05, 0.1) is 42.4 Å². The number of sulfonamides is 1. The number of anilines is 1. The summed E-state index contributed by atoms with van der Waals surface area (Å²) in [7, 11) is -0.784. The van der Waals surface area contributed by atoms with Crippen LogP contribution in [0.3, 0.4) is 0 Å². The summed E-state index contributed by atoms with van der Waals surface area (Å²) in [5, 5.41) is 10.2. The number of amides is 2. The van der Waals surface area contributed by atoms with Gasteiger partial charge in [0.15, 0.2) is 0 Å². The molecule has 1 aromatic heterocycles. The van der Waals surface area contributed by atoms with Gasteiger partial charge in [0.1, 0.15) is 11.5 Å². The van der Waals surface area contributed by atoms with Crippen molar-refractivity contribution in [1.82, 2.24) is 14.8 Å². The van der Waals surface area contributed by atoms with Crippen LogP contribution in [0, 0.1) is 5.92 Å². The van der Waals surface area contributed by atoms with Gasteiger partial charge in [-0.15, -0.1) is 0 Å². The summed E-state index contributed by atoms with van der Waals surface area (Å²) in [4.78, 5) is 34.7. The molecule has 0 saturated carbocycles. The zero-order valence-electron chi connectivity index (χ0n) is 28.2. The molecule has 260 valence electrons. The summed E-state index contributed by atoms with van der Waals surface area (Å²) >= 11 is 0. The van der Waals surface area contributed by atoms with Gasteiger partial charge in [-0.25, -0.2) is 8.42 Å². The van der Waals surface area contributed by atoms with Gasteiger partial charge in [-0.3, -0.25) is 19.3 Å². The number of hydrogen-bond acceptors (Lipinski definition) is 9. The minimum Gasteiger partial charge on any atom is -0.497 e. The van der Waals surface area contributed by atoms with Gasteiger partial charge in [0.25, 0.3) is 21.8 Å². The normalized spacial score (nSPS) is 20.1. The summed E-state index contributed by atoms with van der Waals surface area (Å²) in [5.41, 5.74) is 0.844. The number of fused-ring (bicyclic) bond motifs is 1. The van der Waals surface area contributed by atoms with Crippen molar-refractivity contribution in [3.63, 3.8) is 0 Å². The molecular formula is C35H46N4O8S. The van der Waals surface area contributed by atoms with Crippen LogP contribution in [0.25, 0.3) is 0 Å². The molecule has 0 bridgehead atoms. The lowest BCUT2D eigenvalue weighted by Gasteiger charge is -2.36. The van der Waals surface area contributed by atoms with Crippen LogP contribution in [-0.4, -0.2) is 98.8 Å². The lowest BCUT2D eigenvalue weighted by Crippen LogP contribution is -2.48. The van der Waals surface area contributed by atoms with Crippen molar-refractivity contribution in [2.75, 3.05) is 45.2 Å². The smallest absolute Gasteiger partial charge is 0.261 e. The fraction of sp³-hybridized carbons (Fsp3) is 0.457.